The van der Waals surface area contributed by atoms with Crippen LogP contribution in [0.4, 0.5) is 5.69 Å². The van der Waals surface area contributed by atoms with Crippen molar-refractivity contribution in [2.24, 2.45) is 0 Å². The van der Waals surface area contributed by atoms with Gasteiger partial charge in [0, 0.05) is 31.9 Å². The van der Waals surface area contributed by atoms with Crippen LogP contribution in [0.3, 0.4) is 0 Å². The summed E-state index contributed by atoms with van der Waals surface area (Å²) in [5.41, 5.74) is 2.62. The van der Waals surface area contributed by atoms with Gasteiger partial charge in [0.15, 0.2) is 0 Å². The first-order valence-corrected chi connectivity index (χ1v) is 7.08. The highest BCUT2D eigenvalue weighted by atomic mass is 15.1. The first kappa shape index (κ1) is 15.0. The first-order chi connectivity index (χ1) is 8.54. The number of nitrogens with one attached hydrogen (secondary N) is 1. The van der Waals surface area contributed by atoms with Gasteiger partial charge in [-0.15, -0.1) is 0 Å². The van der Waals surface area contributed by atoms with Crippen LogP contribution in [0.25, 0.3) is 0 Å². The summed E-state index contributed by atoms with van der Waals surface area (Å²) >= 11 is 0. The fourth-order valence-electron chi connectivity index (χ4n) is 2.18. The second-order valence-corrected chi connectivity index (χ2v) is 5.42. The third-order valence-electron chi connectivity index (χ3n) is 3.43. The van der Waals surface area contributed by atoms with E-state index in [4.69, 9.17) is 0 Å². The highest BCUT2D eigenvalue weighted by Gasteiger charge is 2.09. The monoisotopic (exact) mass is 248 g/mol. The third kappa shape index (κ3) is 4.69. The Morgan fingerprint density at radius 1 is 1.11 bits per heavy atom. The number of unbranched alkanes of at least 4 members (excludes halogenated alkanes) is 1. The Morgan fingerprint density at radius 3 is 2.22 bits per heavy atom. The second-order valence-electron chi connectivity index (χ2n) is 5.42. The second kappa shape index (κ2) is 7.42. The summed E-state index contributed by atoms with van der Waals surface area (Å²) in [6.07, 6.45) is 3.84. The number of benzene rings is 1. The van der Waals surface area contributed by atoms with Gasteiger partial charge in [0.2, 0.25) is 0 Å². The summed E-state index contributed by atoms with van der Waals surface area (Å²) in [7, 11) is 4.15. The summed E-state index contributed by atoms with van der Waals surface area (Å²) in [4.78, 5) is 2.13. The van der Waals surface area contributed by atoms with Crippen LogP contribution < -0.4 is 10.2 Å². The molecular formula is C16H28N2. The molecule has 2 atom stereocenters. The van der Waals surface area contributed by atoms with Crippen LogP contribution >= 0.6 is 0 Å². The van der Waals surface area contributed by atoms with Crippen molar-refractivity contribution < 1.29 is 0 Å². The Labute approximate surface area is 112 Å². The molecule has 2 nitrogen and oxygen atoms in total. The van der Waals surface area contributed by atoms with E-state index in [0.717, 1.165) is 0 Å². The van der Waals surface area contributed by atoms with E-state index in [0.29, 0.717) is 12.1 Å². The summed E-state index contributed by atoms with van der Waals surface area (Å²) in [6.45, 7) is 6.77. The van der Waals surface area contributed by atoms with Crippen LogP contribution in [0.15, 0.2) is 24.3 Å². The van der Waals surface area contributed by atoms with Crippen LogP contribution in [0.2, 0.25) is 0 Å². The Hall–Kier alpha value is -1.02. The molecule has 1 aromatic carbocycles. The van der Waals surface area contributed by atoms with Crippen molar-refractivity contribution in [1.82, 2.24) is 5.32 Å². The molecule has 0 spiro atoms. The van der Waals surface area contributed by atoms with Crippen LogP contribution in [0, 0.1) is 0 Å². The van der Waals surface area contributed by atoms with E-state index in [1.54, 1.807) is 0 Å². The average molecular weight is 248 g/mol. The van der Waals surface area contributed by atoms with Crippen molar-refractivity contribution in [2.45, 2.75) is 52.1 Å². The molecule has 0 fully saturated rings. The maximum Gasteiger partial charge on any atom is 0.0361 e. The molecule has 1 rings (SSSR count). The van der Waals surface area contributed by atoms with E-state index in [1.807, 2.05) is 0 Å². The van der Waals surface area contributed by atoms with E-state index in [1.165, 1.54) is 30.5 Å². The summed E-state index contributed by atoms with van der Waals surface area (Å²) in [5.74, 6) is 0. The quantitative estimate of drug-likeness (QED) is 0.785. The smallest absolute Gasteiger partial charge is 0.0361 e. The van der Waals surface area contributed by atoms with Gasteiger partial charge in [-0.3, -0.25) is 0 Å². The minimum absolute atomic E-state index is 0.424. The summed E-state index contributed by atoms with van der Waals surface area (Å²) in [5, 5.41) is 3.67. The first-order valence-electron chi connectivity index (χ1n) is 7.08. The normalized spacial score (nSPS) is 14.3. The van der Waals surface area contributed by atoms with Crippen molar-refractivity contribution in [1.29, 1.82) is 0 Å². The SMILES string of the molecule is CCCCC(C)NC(C)c1ccc(N(C)C)cc1. The van der Waals surface area contributed by atoms with Gasteiger partial charge in [-0.2, -0.15) is 0 Å². The van der Waals surface area contributed by atoms with Gasteiger partial charge in [0.25, 0.3) is 0 Å². The number of hydrogen-bond donors (Lipinski definition) is 1. The largest absolute Gasteiger partial charge is 0.378 e. The van der Waals surface area contributed by atoms with Crippen LogP contribution in [0.1, 0.15) is 51.6 Å². The Morgan fingerprint density at radius 2 is 1.72 bits per heavy atom. The average Bonchev–Trinajstić information content (AvgIpc) is 2.36. The van der Waals surface area contributed by atoms with Gasteiger partial charge in [-0.05, 0) is 38.0 Å². The lowest BCUT2D eigenvalue weighted by Crippen LogP contribution is -2.28. The molecule has 0 saturated carbocycles. The van der Waals surface area contributed by atoms with Gasteiger partial charge in [0.05, 0.1) is 0 Å². The zero-order valence-electron chi connectivity index (χ0n) is 12.5. The Balaban J connectivity index is 2.53. The molecule has 18 heavy (non-hydrogen) atoms. The predicted molar refractivity (Wildman–Crippen MR) is 81.3 cm³/mol. The summed E-state index contributed by atoms with van der Waals surface area (Å²) < 4.78 is 0. The summed E-state index contributed by atoms with van der Waals surface area (Å²) in [6, 6.07) is 9.83. The number of hydrogen-bond acceptors (Lipinski definition) is 2. The minimum Gasteiger partial charge on any atom is -0.378 e. The minimum atomic E-state index is 0.424. The third-order valence-corrected chi connectivity index (χ3v) is 3.43. The van der Waals surface area contributed by atoms with Crippen molar-refractivity contribution in [3.8, 4) is 0 Å². The molecule has 0 aliphatic carbocycles. The number of nitrogens with zero attached hydrogens (tertiary/aromatic N) is 1. The molecule has 2 unspecified atom stereocenters. The zero-order valence-corrected chi connectivity index (χ0v) is 12.5. The maximum atomic E-state index is 3.67. The molecule has 1 N–H and O–H groups in total. The molecular weight excluding hydrogens is 220 g/mol. The van der Waals surface area contributed by atoms with Crippen molar-refractivity contribution >= 4 is 5.69 Å². The molecule has 2 heteroatoms. The lowest BCUT2D eigenvalue weighted by atomic mass is 10.1. The lowest BCUT2D eigenvalue weighted by Gasteiger charge is -2.21. The van der Waals surface area contributed by atoms with Gasteiger partial charge in [-0.1, -0.05) is 31.9 Å². The van der Waals surface area contributed by atoms with E-state index < -0.39 is 0 Å². The van der Waals surface area contributed by atoms with Crippen LogP contribution in [-0.2, 0) is 0 Å². The van der Waals surface area contributed by atoms with Crippen molar-refractivity contribution in [3.63, 3.8) is 0 Å². The highest BCUT2D eigenvalue weighted by Crippen LogP contribution is 2.18. The van der Waals surface area contributed by atoms with Crippen molar-refractivity contribution in [2.75, 3.05) is 19.0 Å². The fourth-order valence-corrected chi connectivity index (χ4v) is 2.18. The molecule has 0 bridgehead atoms. The molecule has 1 aromatic rings. The fraction of sp³-hybridized carbons (Fsp3) is 0.625. The lowest BCUT2D eigenvalue weighted by molar-refractivity contribution is 0.444. The van der Waals surface area contributed by atoms with Crippen molar-refractivity contribution in [3.05, 3.63) is 29.8 Å². The van der Waals surface area contributed by atoms with E-state index in [9.17, 15) is 0 Å². The Kier molecular flexibility index (Phi) is 6.20. The van der Waals surface area contributed by atoms with E-state index >= 15 is 0 Å². The molecule has 0 radical (unpaired) electrons. The Bertz CT molecular complexity index is 329. The maximum absolute atomic E-state index is 3.67. The topological polar surface area (TPSA) is 15.3 Å². The molecule has 0 saturated heterocycles. The number of anilines is 1. The molecule has 0 aliphatic rings. The van der Waals surface area contributed by atoms with Gasteiger partial charge < -0.3 is 10.2 Å². The van der Waals surface area contributed by atoms with Gasteiger partial charge in [-0.25, -0.2) is 0 Å². The number of rotatable bonds is 7. The van der Waals surface area contributed by atoms with Gasteiger partial charge >= 0.3 is 0 Å². The molecule has 0 aromatic heterocycles. The van der Waals surface area contributed by atoms with E-state index in [-0.39, 0.29) is 0 Å². The molecule has 0 heterocycles. The van der Waals surface area contributed by atoms with Crippen LogP contribution in [-0.4, -0.2) is 20.1 Å². The predicted octanol–water partition coefficient (Wildman–Crippen LogP) is 3.98. The van der Waals surface area contributed by atoms with E-state index in [2.05, 4.69) is 69.3 Å². The zero-order chi connectivity index (χ0) is 13.5. The van der Waals surface area contributed by atoms with Crippen LogP contribution in [0.5, 0.6) is 0 Å². The standard InChI is InChI=1S/C16H28N2/c1-6-7-8-13(2)17-14(3)15-9-11-16(12-10-15)18(4)5/h9-14,17H,6-8H2,1-5H3. The van der Waals surface area contributed by atoms with Gasteiger partial charge in [0.1, 0.15) is 0 Å². The highest BCUT2D eigenvalue weighted by molar-refractivity contribution is 5.46. The molecule has 0 aliphatic heterocycles. The molecule has 102 valence electrons. The molecule has 0 amide bonds.